The lowest BCUT2D eigenvalue weighted by molar-refractivity contribution is -0.145. The number of carbonyl (C=O) groups is 4. The van der Waals surface area contributed by atoms with Crippen LogP contribution in [0.5, 0.6) is 5.75 Å². The summed E-state index contributed by atoms with van der Waals surface area (Å²) in [5, 5.41) is 16.3. The van der Waals surface area contributed by atoms with E-state index in [4.69, 9.17) is 14.5 Å². The van der Waals surface area contributed by atoms with Crippen LogP contribution in [0.1, 0.15) is 63.9 Å². The van der Waals surface area contributed by atoms with Gasteiger partial charge in [-0.25, -0.2) is 14.6 Å². The van der Waals surface area contributed by atoms with E-state index in [2.05, 4.69) is 23.3 Å². The van der Waals surface area contributed by atoms with E-state index in [1.807, 2.05) is 67.6 Å². The lowest BCUT2D eigenvalue weighted by Crippen LogP contribution is -2.56. The van der Waals surface area contributed by atoms with Crippen molar-refractivity contribution < 1.29 is 33.8 Å². The molecule has 0 unspecified atom stereocenters. The van der Waals surface area contributed by atoms with Gasteiger partial charge in [-0.3, -0.25) is 9.59 Å². The Hall–Kier alpha value is -5.19. The van der Waals surface area contributed by atoms with Crippen molar-refractivity contribution in [1.29, 1.82) is 0 Å². The molecule has 3 aliphatic rings. The molecule has 3 heterocycles. The standard InChI is InChI=1S/C39H44N4O7/c1-3-5-16-31-36(45)43-24-28(21-33(43)35(44)42-39(37(46)47)23-27(39)4-2)50-34-22-32(26-14-10-8-11-15-26)40-30-18-17-25(20-29(30)34)13-9-6-7-12-19-49-38(48)41-31/h4,8-11,13-15,17-18,20,22,27-28,31,33H,2-3,5-7,12,16,19,21,23-24H2,1H3,(H,41,48)(H,42,44)(H,46,47)/b13-9+/t27-,28-,31+,33+,39-/m1/s1. The first-order chi connectivity index (χ1) is 24.2. The molecule has 2 fully saturated rings. The lowest BCUT2D eigenvalue weighted by atomic mass is 10.1. The minimum absolute atomic E-state index is 0.0469. The molecule has 4 bridgehead atoms. The molecule has 2 aromatic carbocycles. The van der Waals surface area contributed by atoms with Crippen LogP contribution in [0.3, 0.4) is 0 Å². The van der Waals surface area contributed by atoms with Crippen molar-refractivity contribution in [2.24, 2.45) is 5.92 Å². The predicted molar refractivity (Wildman–Crippen MR) is 189 cm³/mol. The molecule has 2 aliphatic heterocycles. The Kier molecular flexibility index (Phi) is 10.5. The molecule has 0 spiro atoms. The number of carboxylic acids is 1. The maximum atomic E-state index is 14.3. The van der Waals surface area contributed by atoms with Crippen LogP contribution in [0.2, 0.25) is 0 Å². The number of pyridine rings is 1. The minimum atomic E-state index is -1.48. The van der Waals surface area contributed by atoms with Crippen LogP contribution in [-0.2, 0) is 19.1 Å². The van der Waals surface area contributed by atoms with Gasteiger partial charge in [0.1, 0.15) is 29.5 Å². The molecule has 3 aromatic rings. The van der Waals surface area contributed by atoms with Gasteiger partial charge in [-0.1, -0.05) is 74.4 Å². The number of nitrogens with one attached hydrogen (secondary N) is 2. The number of aromatic nitrogens is 1. The Morgan fingerprint density at radius 3 is 2.72 bits per heavy atom. The maximum absolute atomic E-state index is 14.3. The topological polar surface area (TPSA) is 147 Å². The quantitative estimate of drug-likeness (QED) is 0.250. The summed E-state index contributed by atoms with van der Waals surface area (Å²) in [6.45, 7) is 5.96. The minimum Gasteiger partial charge on any atom is -0.488 e. The average Bonchev–Trinajstić information content (AvgIpc) is 3.68. The summed E-state index contributed by atoms with van der Waals surface area (Å²) in [6.07, 6.45) is 8.71. The van der Waals surface area contributed by atoms with Crippen molar-refractivity contribution in [2.75, 3.05) is 13.2 Å². The normalized spacial score (nSPS) is 26.1. The van der Waals surface area contributed by atoms with Crippen LogP contribution in [0.15, 0.2) is 73.3 Å². The number of carboxylic acid groups (broad SMARTS) is 1. The van der Waals surface area contributed by atoms with E-state index < -0.39 is 53.5 Å². The van der Waals surface area contributed by atoms with E-state index >= 15 is 0 Å². The summed E-state index contributed by atoms with van der Waals surface area (Å²) in [4.78, 5) is 59.7. The molecule has 262 valence electrons. The fourth-order valence-corrected chi connectivity index (χ4v) is 6.84. The zero-order valence-corrected chi connectivity index (χ0v) is 28.3. The van der Waals surface area contributed by atoms with Gasteiger partial charge >= 0.3 is 12.1 Å². The highest BCUT2D eigenvalue weighted by Gasteiger charge is 2.61. The fourth-order valence-electron chi connectivity index (χ4n) is 6.84. The number of aliphatic carboxylic acids is 1. The smallest absolute Gasteiger partial charge is 0.407 e. The number of unbranched alkanes of at least 4 members (excludes halogenated alkanes) is 1. The zero-order chi connectivity index (χ0) is 35.3. The Morgan fingerprint density at radius 2 is 1.98 bits per heavy atom. The van der Waals surface area contributed by atoms with Gasteiger partial charge in [-0.05, 0) is 49.8 Å². The van der Waals surface area contributed by atoms with Gasteiger partial charge in [-0.15, -0.1) is 6.58 Å². The van der Waals surface area contributed by atoms with Crippen LogP contribution in [-0.4, -0.2) is 75.7 Å². The van der Waals surface area contributed by atoms with Gasteiger partial charge in [0, 0.05) is 29.4 Å². The number of amides is 3. The van der Waals surface area contributed by atoms with Crippen LogP contribution >= 0.6 is 0 Å². The van der Waals surface area contributed by atoms with Crippen LogP contribution in [0.25, 0.3) is 28.2 Å². The Balaban J connectivity index is 1.39. The van der Waals surface area contributed by atoms with Crippen LogP contribution in [0, 0.1) is 5.92 Å². The number of rotatable bonds is 8. The molecular formula is C39H44N4O7. The number of hydrogen-bond acceptors (Lipinski definition) is 7. The number of nitrogens with zero attached hydrogens (tertiary/aromatic N) is 2. The third-order valence-electron chi connectivity index (χ3n) is 9.78. The van der Waals surface area contributed by atoms with Crippen molar-refractivity contribution in [3.05, 3.63) is 78.9 Å². The van der Waals surface area contributed by atoms with E-state index in [1.165, 1.54) is 11.0 Å². The van der Waals surface area contributed by atoms with E-state index in [9.17, 15) is 24.3 Å². The molecule has 50 heavy (non-hydrogen) atoms. The van der Waals surface area contributed by atoms with Crippen molar-refractivity contribution in [2.45, 2.75) is 82.0 Å². The second-order valence-electron chi connectivity index (χ2n) is 13.3. The number of allylic oxidation sites excluding steroid dienone is 1. The molecule has 5 atom stereocenters. The van der Waals surface area contributed by atoms with Gasteiger partial charge in [0.25, 0.3) is 0 Å². The Bertz CT molecular complexity index is 1790. The third kappa shape index (κ3) is 7.51. The first-order valence-corrected chi connectivity index (χ1v) is 17.5. The molecule has 3 amide bonds. The molecule has 3 N–H and O–H groups in total. The van der Waals surface area contributed by atoms with Gasteiger partial charge in [0.2, 0.25) is 11.8 Å². The monoisotopic (exact) mass is 680 g/mol. The average molecular weight is 681 g/mol. The molecule has 1 saturated carbocycles. The van der Waals surface area contributed by atoms with Gasteiger partial charge in [0.05, 0.1) is 24.4 Å². The third-order valence-corrected chi connectivity index (χ3v) is 9.78. The van der Waals surface area contributed by atoms with E-state index in [0.717, 1.165) is 41.3 Å². The first kappa shape index (κ1) is 34.7. The number of fused-ring (bicyclic) bond motifs is 3. The zero-order valence-electron chi connectivity index (χ0n) is 28.3. The summed E-state index contributed by atoms with van der Waals surface area (Å²) < 4.78 is 12.1. The van der Waals surface area contributed by atoms with Gasteiger partial charge in [-0.2, -0.15) is 0 Å². The van der Waals surface area contributed by atoms with E-state index in [-0.39, 0.29) is 26.0 Å². The lowest BCUT2D eigenvalue weighted by Gasteiger charge is -2.29. The SMILES string of the molecule is C=C[C@@H]1C[C@]1(NC(=O)[C@@H]1C[C@@H]2CN1C(=O)[C@H](CCCC)NC(=O)OCCCC/C=C/c1ccc3nc(-c4ccccc4)cc(c3c1)O2)C(=O)O. The summed E-state index contributed by atoms with van der Waals surface area (Å²) in [5.41, 5.74) is 1.84. The molecule has 11 nitrogen and oxygen atoms in total. The molecule has 11 heteroatoms. The summed E-state index contributed by atoms with van der Waals surface area (Å²) in [6, 6.07) is 15.6. The Labute approximate surface area is 291 Å². The summed E-state index contributed by atoms with van der Waals surface area (Å²) >= 11 is 0. The number of ether oxygens (including phenoxy) is 2. The van der Waals surface area contributed by atoms with Gasteiger partial charge in [0.15, 0.2) is 0 Å². The molecule has 1 saturated heterocycles. The number of cyclic esters (lactones) is 1. The molecule has 6 rings (SSSR count). The van der Waals surface area contributed by atoms with Crippen molar-refractivity contribution >= 4 is 40.9 Å². The summed E-state index contributed by atoms with van der Waals surface area (Å²) in [7, 11) is 0. The van der Waals surface area contributed by atoms with Crippen molar-refractivity contribution in [3.63, 3.8) is 0 Å². The van der Waals surface area contributed by atoms with Crippen molar-refractivity contribution in [1.82, 2.24) is 20.5 Å². The maximum Gasteiger partial charge on any atom is 0.407 e. The second kappa shape index (κ2) is 15.1. The highest BCUT2D eigenvalue weighted by atomic mass is 16.5. The first-order valence-electron chi connectivity index (χ1n) is 17.5. The van der Waals surface area contributed by atoms with Crippen LogP contribution < -0.4 is 15.4 Å². The highest BCUT2D eigenvalue weighted by molar-refractivity contribution is 5.96. The predicted octanol–water partition coefficient (Wildman–Crippen LogP) is 5.88. The fraction of sp³-hybridized carbons (Fsp3) is 0.410. The molecule has 1 aliphatic carbocycles. The summed E-state index contributed by atoms with van der Waals surface area (Å²) in [5.74, 6) is -2.06. The van der Waals surface area contributed by atoms with Crippen LogP contribution in [0.4, 0.5) is 4.79 Å². The Morgan fingerprint density at radius 1 is 1.16 bits per heavy atom. The molecular weight excluding hydrogens is 636 g/mol. The molecule has 1 aromatic heterocycles. The highest BCUT2D eigenvalue weighted by Crippen LogP contribution is 2.45. The second-order valence-corrected chi connectivity index (χ2v) is 13.3. The number of benzene rings is 2. The van der Waals surface area contributed by atoms with Gasteiger partial charge < -0.3 is 30.1 Å². The molecule has 0 radical (unpaired) electrons. The van der Waals surface area contributed by atoms with Crippen molar-refractivity contribution in [3.8, 4) is 17.0 Å². The van der Waals surface area contributed by atoms with E-state index in [0.29, 0.717) is 30.7 Å². The number of alkyl carbamates (subject to hydrolysis) is 1. The largest absolute Gasteiger partial charge is 0.488 e. The number of hydrogen-bond donors (Lipinski definition) is 3. The van der Waals surface area contributed by atoms with E-state index in [1.54, 1.807) is 0 Å². The number of carbonyl (C=O) groups excluding carboxylic acids is 3.